The molecule has 0 saturated carbocycles. The van der Waals surface area contributed by atoms with Crippen molar-refractivity contribution in [2.24, 2.45) is 0 Å². The molecule has 146 valence electrons. The number of anilines is 2. The average molecular weight is 444 g/mol. The Morgan fingerprint density at radius 1 is 1.14 bits per heavy atom. The standard InChI is InChI=1S/C21H22BrN3O3/c22-16-6-7-18-19(11-16)28-14-21(27)25(18)13-20(26)23-17-5-3-4-15(10-17)12-24-8-1-2-9-24/h3-7,10-11H,1-2,8-9,12-14H2,(H,23,26). The van der Waals surface area contributed by atoms with Crippen LogP contribution in [0.2, 0.25) is 0 Å². The lowest BCUT2D eigenvalue weighted by molar-refractivity contribution is -0.123. The third-order valence-electron chi connectivity index (χ3n) is 4.98. The second-order valence-corrected chi connectivity index (χ2v) is 8.03. The van der Waals surface area contributed by atoms with E-state index in [0.717, 1.165) is 29.8 Å². The Kier molecular flexibility index (Phi) is 5.64. The Morgan fingerprint density at radius 2 is 1.96 bits per heavy atom. The summed E-state index contributed by atoms with van der Waals surface area (Å²) in [4.78, 5) is 28.8. The second-order valence-electron chi connectivity index (χ2n) is 7.11. The Balaban J connectivity index is 1.42. The van der Waals surface area contributed by atoms with Crippen molar-refractivity contribution in [3.05, 3.63) is 52.5 Å². The molecule has 0 unspecified atom stereocenters. The molecule has 0 aliphatic carbocycles. The van der Waals surface area contributed by atoms with Crippen LogP contribution < -0.4 is 15.0 Å². The smallest absolute Gasteiger partial charge is 0.265 e. The Hall–Kier alpha value is -2.38. The van der Waals surface area contributed by atoms with Crippen LogP contribution in [0.5, 0.6) is 5.75 Å². The third kappa shape index (κ3) is 4.36. The Morgan fingerprint density at radius 3 is 2.79 bits per heavy atom. The first-order valence-electron chi connectivity index (χ1n) is 9.42. The predicted molar refractivity (Wildman–Crippen MR) is 112 cm³/mol. The van der Waals surface area contributed by atoms with Crippen LogP contribution in [0, 0.1) is 0 Å². The van der Waals surface area contributed by atoms with Crippen molar-refractivity contribution in [3.8, 4) is 5.75 Å². The van der Waals surface area contributed by atoms with Crippen LogP contribution in [-0.4, -0.2) is 43.0 Å². The number of rotatable bonds is 5. The minimum Gasteiger partial charge on any atom is -0.482 e. The van der Waals surface area contributed by atoms with Crippen molar-refractivity contribution in [1.29, 1.82) is 0 Å². The topological polar surface area (TPSA) is 61.9 Å². The van der Waals surface area contributed by atoms with Gasteiger partial charge in [0.1, 0.15) is 12.3 Å². The molecule has 0 radical (unpaired) electrons. The van der Waals surface area contributed by atoms with Crippen molar-refractivity contribution < 1.29 is 14.3 Å². The molecule has 0 aromatic heterocycles. The molecule has 2 amide bonds. The Labute approximate surface area is 172 Å². The Bertz CT molecular complexity index is 896. The molecule has 0 spiro atoms. The number of fused-ring (bicyclic) bond motifs is 1. The first-order valence-corrected chi connectivity index (χ1v) is 10.2. The van der Waals surface area contributed by atoms with Gasteiger partial charge in [0.25, 0.3) is 5.91 Å². The molecule has 28 heavy (non-hydrogen) atoms. The van der Waals surface area contributed by atoms with E-state index in [1.807, 2.05) is 24.3 Å². The number of halogens is 1. The summed E-state index contributed by atoms with van der Waals surface area (Å²) >= 11 is 3.39. The van der Waals surface area contributed by atoms with Gasteiger partial charge in [0.2, 0.25) is 5.91 Å². The lowest BCUT2D eigenvalue weighted by atomic mass is 10.2. The number of nitrogens with one attached hydrogen (secondary N) is 1. The third-order valence-corrected chi connectivity index (χ3v) is 5.48. The molecule has 0 atom stereocenters. The van der Waals surface area contributed by atoms with E-state index in [-0.39, 0.29) is 25.0 Å². The van der Waals surface area contributed by atoms with Gasteiger partial charge in [-0.2, -0.15) is 0 Å². The van der Waals surface area contributed by atoms with Crippen molar-refractivity contribution in [1.82, 2.24) is 4.90 Å². The van der Waals surface area contributed by atoms with Gasteiger partial charge in [0.05, 0.1) is 5.69 Å². The zero-order chi connectivity index (χ0) is 19.5. The van der Waals surface area contributed by atoms with Crippen LogP contribution in [-0.2, 0) is 16.1 Å². The molecule has 7 heteroatoms. The summed E-state index contributed by atoms with van der Waals surface area (Å²) in [6.45, 7) is 3.04. The number of amides is 2. The largest absolute Gasteiger partial charge is 0.482 e. The lowest BCUT2D eigenvalue weighted by Gasteiger charge is -2.29. The molecule has 0 bridgehead atoms. The second kappa shape index (κ2) is 8.32. The quantitative estimate of drug-likeness (QED) is 0.768. The molecular formula is C21H22BrN3O3. The molecule has 2 aliphatic heterocycles. The van der Waals surface area contributed by atoms with Crippen molar-refractivity contribution in [2.45, 2.75) is 19.4 Å². The minimum absolute atomic E-state index is 0.0484. The van der Waals surface area contributed by atoms with Crippen LogP contribution >= 0.6 is 15.9 Å². The molecule has 2 aromatic rings. The van der Waals surface area contributed by atoms with E-state index in [0.29, 0.717) is 11.4 Å². The molecule has 1 N–H and O–H groups in total. The highest BCUT2D eigenvalue weighted by Gasteiger charge is 2.27. The number of nitrogens with zero attached hydrogens (tertiary/aromatic N) is 2. The molecule has 6 nitrogen and oxygen atoms in total. The van der Waals surface area contributed by atoms with E-state index >= 15 is 0 Å². The summed E-state index contributed by atoms with van der Waals surface area (Å²) in [6, 6.07) is 13.3. The predicted octanol–water partition coefficient (Wildman–Crippen LogP) is 3.41. The van der Waals surface area contributed by atoms with Crippen LogP contribution in [0.15, 0.2) is 46.9 Å². The minimum atomic E-state index is -0.234. The molecular weight excluding hydrogens is 422 g/mol. The van der Waals surface area contributed by atoms with E-state index in [4.69, 9.17) is 4.74 Å². The first-order chi connectivity index (χ1) is 13.6. The van der Waals surface area contributed by atoms with Crippen molar-refractivity contribution in [2.75, 3.05) is 36.5 Å². The lowest BCUT2D eigenvalue weighted by Crippen LogP contribution is -2.43. The zero-order valence-electron chi connectivity index (χ0n) is 15.5. The SMILES string of the molecule is O=C(CN1C(=O)COc2cc(Br)ccc21)Nc1cccc(CN2CCCC2)c1. The molecule has 1 saturated heterocycles. The first kappa shape index (κ1) is 19.0. The normalized spacial score (nSPS) is 16.6. The summed E-state index contributed by atoms with van der Waals surface area (Å²) in [5.74, 6) is 0.129. The zero-order valence-corrected chi connectivity index (χ0v) is 17.1. The van der Waals surface area contributed by atoms with Crippen molar-refractivity contribution >= 4 is 39.1 Å². The van der Waals surface area contributed by atoms with E-state index < -0.39 is 0 Å². The number of benzene rings is 2. The number of ether oxygens (including phenoxy) is 1. The van der Waals surface area contributed by atoms with E-state index in [9.17, 15) is 9.59 Å². The average Bonchev–Trinajstić information content (AvgIpc) is 3.17. The van der Waals surface area contributed by atoms with Gasteiger partial charge >= 0.3 is 0 Å². The number of hydrogen-bond donors (Lipinski definition) is 1. The highest BCUT2D eigenvalue weighted by atomic mass is 79.9. The molecule has 4 rings (SSSR count). The maximum absolute atomic E-state index is 12.6. The van der Waals surface area contributed by atoms with Gasteiger partial charge < -0.3 is 10.1 Å². The fraction of sp³-hybridized carbons (Fsp3) is 0.333. The summed E-state index contributed by atoms with van der Waals surface area (Å²) in [6.07, 6.45) is 2.50. The fourth-order valence-electron chi connectivity index (χ4n) is 3.64. The number of likely N-dealkylation sites (tertiary alicyclic amines) is 1. The highest BCUT2D eigenvalue weighted by molar-refractivity contribution is 9.10. The summed E-state index contributed by atoms with van der Waals surface area (Å²) in [7, 11) is 0. The van der Waals surface area contributed by atoms with Crippen LogP contribution in [0.3, 0.4) is 0 Å². The number of hydrogen-bond acceptors (Lipinski definition) is 4. The highest BCUT2D eigenvalue weighted by Crippen LogP contribution is 2.34. The molecule has 2 aromatic carbocycles. The van der Waals surface area contributed by atoms with Gasteiger partial charge in [-0.25, -0.2) is 0 Å². The van der Waals surface area contributed by atoms with E-state index in [1.54, 1.807) is 12.1 Å². The molecule has 2 heterocycles. The summed E-state index contributed by atoms with van der Waals surface area (Å²) in [5, 5.41) is 2.92. The van der Waals surface area contributed by atoms with Crippen molar-refractivity contribution in [3.63, 3.8) is 0 Å². The van der Waals surface area contributed by atoms with Crippen LogP contribution in [0.25, 0.3) is 0 Å². The molecule has 2 aliphatic rings. The van der Waals surface area contributed by atoms with Gasteiger partial charge in [-0.15, -0.1) is 0 Å². The van der Waals surface area contributed by atoms with Gasteiger partial charge in [0, 0.05) is 16.7 Å². The number of carbonyl (C=O) groups excluding carboxylic acids is 2. The van der Waals surface area contributed by atoms with Crippen LogP contribution in [0.4, 0.5) is 11.4 Å². The van der Waals surface area contributed by atoms with Gasteiger partial charge in [-0.05, 0) is 61.8 Å². The van der Waals surface area contributed by atoms with Gasteiger partial charge in [-0.3, -0.25) is 19.4 Å². The van der Waals surface area contributed by atoms with E-state index in [2.05, 4.69) is 32.2 Å². The van der Waals surface area contributed by atoms with Crippen LogP contribution in [0.1, 0.15) is 18.4 Å². The summed E-state index contributed by atoms with van der Waals surface area (Å²) < 4.78 is 6.33. The van der Waals surface area contributed by atoms with Gasteiger partial charge in [0.15, 0.2) is 6.61 Å². The summed E-state index contributed by atoms with van der Waals surface area (Å²) in [5.41, 5.74) is 2.54. The number of carbonyl (C=O) groups is 2. The monoisotopic (exact) mass is 443 g/mol. The van der Waals surface area contributed by atoms with Gasteiger partial charge in [-0.1, -0.05) is 28.1 Å². The maximum atomic E-state index is 12.6. The molecule has 1 fully saturated rings. The maximum Gasteiger partial charge on any atom is 0.265 e. The fourth-order valence-corrected chi connectivity index (χ4v) is 3.98. The van der Waals surface area contributed by atoms with E-state index in [1.165, 1.54) is 23.3 Å².